The van der Waals surface area contributed by atoms with Crippen LogP contribution in [0.5, 0.6) is 0 Å². The molecular formula is C25H32FN7O. The maximum Gasteiger partial charge on any atom is 0.245 e. The monoisotopic (exact) mass is 465 g/mol. The molecule has 2 heterocycles. The van der Waals surface area contributed by atoms with Crippen LogP contribution in [0.3, 0.4) is 0 Å². The van der Waals surface area contributed by atoms with E-state index in [1.807, 2.05) is 25.1 Å². The highest BCUT2D eigenvalue weighted by Crippen LogP contribution is 2.18. The van der Waals surface area contributed by atoms with Gasteiger partial charge in [0.15, 0.2) is 11.6 Å². The third kappa shape index (κ3) is 7.77. The summed E-state index contributed by atoms with van der Waals surface area (Å²) >= 11 is 0. The number of halogens is 1. The quantitative estimate of drug-likeness (QED) is 0.208. The van der Waals surface area contributed by atoms with E-state index in [1.54, 1.807) is 24.4 Å². The summed E-state index contributed by atoms with van der Waals surface area (Å²) in [5, 5.41) is 7.50. The molecule has 3 aromatic rings. The molecule has 0 atom stereocenters. The van der Waals surface area contributed by atoms with E-state index in [0.717, 1.165) is 36.8 Å². The van der Waals surface area contributed by atoms with Crippen molar-refractivity contribution in [1.82, 2.24) is 15.0 Å². The molecule has 0 fully saturated rings. The molecule has 0 saturated heterocycles. The zero-order valence-corrected chi connectivity index (χ0v) is 20.0. The summed E-state index contributed by atoms with van der Waals surface area (Å²) in [5.41, 5.74) is 6.62. The number of pyridine rings is 1. The maximum absolute atomic E-state index is 14.2. The lowest BCUT2D eigenvalue weighted by Crippen LogP contribution is -2.22. The molecule has 9 heteroatoms. The Morgan fingerprint density at radius 3 is 2.76 bits per heavy atom. The van der Waals surface area contributed by atoms with E-state index < -0.39 is 5.82 Å². The van der Waals surface area contributed by atoms with Gasteiger partial charge < -0.3 is 15.0 Å². The minimum Gasteiger partial charge on any atom is -0.382 e. The lowest BCUT2D eigenvalue weighted by Gasteiger charge is -2.18. The van der Waals surface area contributed by atoms with Gasteiger partial charge in [0.05, 0.1) is 30.0 Å². The van der Waals surface area contributed by atoms with Crippen molar-refractivity contribution < 1.29 is 9.13 Å². The molecule has 0 aliphatic carbocycles. The van der Waals surface area contributed by atoms with Crippen molar-refractivity contribution in [2.24, 2.45) is 5.10 Å². The van der Waals surface area contributed by atoms with Crippen molar-refractivity contribution in [3.63, 3.8) is 0 Å². The fourth-order valence-corrected chi connectivity index (χ4v) is 3.31. The van der Waals surface area contributed by atoms with E-state index in [1.165, 1.54) is 5.56 Å². The lowest BCUT2D eigenvalue weighted by atomic mass is 10.1. The number of nitrogens with zero attached hydrogens (tertiary/aromatic N) is 5. The first-order valence-corrected chi connectivity index (χ1v) is 11.5. The third-order valence-corrected chi connectivity index (χ3v) is 4.98. The van der Waals surface area contributed by atoms with E-state index in [-0.39, 0.29) is 11.8 Å². The minimum atomic E-state index is -0.488. The summed E-state index contributed by atoms with van der Waals surface area (Å²) in [6.07, 6.45) is 7.38. The van der Waals surface area contributed by atoms with E-state index in [2.05, 4.69) is 55.9 Å². The molecule has 0 aliphatic heterocycles. The fraction of sp³-hybridized carbons (Fsp3) is 0.360. The van der Waals surface area contributed by atoms with Crippen LogP contribution < -0.4 is 15.6 Å². The number of ether oxygens (including phenoxy) is 1. The standard InChI is InChI=1S/C25H32FN7O/c1-4-8-19-9-6-10-20(15-19)30-22-12-11-21(27-16-22)17-29-32-25-28-18-23(26)24(31-25)33(3)13-7-14-34-5-2/h6,9-12,15-18,30H,4-5,7-8,13-14H2,1-3H3,(H,28,31,32)/b29-17+. The highest BCUT2D eigenvalue weighted by Gasteiger charge is 2.11. The molecule has 0 unspecified atom stereocenters. The van der Waals surface area contributed by atoms with Crippen LogP contribution in [0, 0.1) is 5.82 Å². The maximum atomic E-state index is 14.2. The first kappa shape index (κ1) is 25.0. The van der Waals surface area contributed by atoms with Crippen LogP contribution in [0.4, 0.5) is 27.5 Å². The third-order valence-electron chi connectivity index (χ3n) is 4.98. The average Bonchev–Trinajstić information content (AvgIpc) is 2.84. The molecule has 34 heavy (non-hydrogen) atoms. The first-order chi connectivity index (χ1) is 16.6. The summed E-state index contributed by atoms with van der Waals surface area (Å²) in [7, 11) is 1.78. The molecule has 8 nitrogen and oxygen atoms in total. The van der Waals surface area contributed by atoms with Crippen molar-refractivity contribution in [3.05, 3.63) is 65.9 Å². The van der Waals surface area contributed by atoms with E-state index >= 15 is 0 Å². The summed E-state index contributed by atoms with van der Waals surface area (Å²) in [4.78, 5) is 14.3. The van der Waals surface area contributed by atoms with E-state index in [0.29, 0.717) is 25.5 Å². The topological polar surface area (TPSA) is 87.6 Å². The number of rotatable bonds is 13. The molecule has 3 rings (SSSR count). The van der Waals surface area contributed by atoms with Crippen molar-refractivity contribution in [3.8, 4) is 0 Å². The van der Waals surface area contributed by atoms with Crippen molar-refractivity contribution in [2.45, 2.75) is 33.1 Å². The number of hydrogen-bond acceptors (Lipinski definition) is 8. The van der Waals surface area contributed by atoms with Gasteiger partial charge in [-0.25, -0.2) is 14.8 Å². The first-order valence-electron chi connectivity index (χ1n) is 11.5. The molecule has 0 bridgehead atoms. The Hall–Kier alpha value is -3.59. The number of benzene rings is 1. The van der Waals surface area contributed by atoms with Crippen molar-refractivity contribution in [2.75, 3.05) is 42.4 Å². The van der Waals surface area contributed by atoms with Crippen molar-refractivity contribution in [1.29, 1.82) is 0 Å². The van der Waals surface area contributed by atoms with Crippen LogP contribution in [0.1, 0.15) is 37.9 Å². The van der Waals surface area contributed by atoms with Crippen LogP contribution in [-0.2, 0) is 11.2 Å². The minimum absolute atomic E-state index is 0.203. The molecule has 2 N–H and O–H groups in total. The number of hydrazone groups is 1. The molecule has 2 aromatic heterocycles. The molecule has 0 spiro atoms. The van der Waals surface area contributed by atoms with Crippen LogP contribution in [-0.4, -0.2) is 48.0 Å². The lowest BCUT2D eigenvalue weighted by molar-refractivity contribution is 0.146. The molecule has 0 amide bonds. The second kappa shape index (κ2) is 13.2. The van der Waals surface area contributed by atoms with Gasteiger partial charge in [-0.15, -0.1) is 0 Å². The number of nitrogens with one attached hydrogen (secondary N) is 2. The molecule has 0 aliphatic rings. The summed E-state index contributed by atoms with van der Waals surface area (Å²) < 4.78 is 19.5. The van der Waals surface area contributed by atoms with E-state index in [4.69, 9.17) is 4.74 Å². The van der Waals surface area contributed by atoms with Gasteiger partial charge in [0.1, 0.15) is 0 Å². The Labute approximate surface area is 200 Å². The smallest absolute Gasteiger partial charge is 0.245 e. The summed E-state index contributed by atoms with van der Waals surface area (Å²) in [6.45, 7) is 6.02. The van der Waals surface area contributed by atoms with Gasteiger partial charge in [-0.05, 0) is 49.6 Å². The second-order valence-corrected chi connectivity index (χ2v) is 7.75. The number of aryl methyl sites for hydroxylation is 1. The Morgan fingerprint density at radius 1 is 1.12 bits per heavy atom. The van der Waals surface area contributed by atoms with Crippen LogP contribution in [0.15, 0.2) is 53.9 Å². The van der Waals surface area contributed by atoms with Gasteiger partial charge in [-0.1, -0.05) is 25.5 Å². The fourth-order valence-electron chi connectivity index (χ4n) is 3.31. The molecule has 0 saturated carbocycles. The van der Waals surface area contributed by atoms with Crippen LogP contribution in [0.25, 0.3) is 0 Å². The normalized spacial score (nSPS) is 11.1. The molecule has 1 aromatic carbocycles. The highest BCUT2D eigenvalue weighted by atomic mass is 19.1. The van der Waals surface area contributed by atoms with Gasteiger partial charge in [-0.3, -0.25) is 4.98 Å². The predicted octanol–water partition coefficient (Wildman–Crippen LogP) is 5.02. The summed E-state index contributed by atoms with van der Waals surface area (Å²) in [5.74, 6) is -0.0752. The Bertz CT molecular complexity index is 1060. The Balaban J connectivity index is 1.55. The predicted molar refractivity (Wildman–Crippen MR) is 136 cm³/mol. The molecular weight excluding hydrogens is 433 g/mol. The van der Waals surface area contributed by atoms with Gasteiger partial charge in [-0.2, -0.15) is 10.1 Å². The number of anilines is 4. The summed E-state index contributed by atoms with van der Waals surface area (Å²) in [6, 6.07) is 12.2. The zero-order chi connectivity index (χ0) is 24.2. The van der Waals surface area contributed by atoms with Gasteiger partial charge in [0, 0.05) is 32.5 Å². The number of aromatic nitrogens is 3. The van der Waals surface area contributed by atoms with Gasteiger partial charge >= 0.3 is 0 Å². The van der Waals surface area contributed by atoms with Gasteiger partial charge in [0.2, 0.25) is 5.95 Å². The van der Waals surface area contributed by atoms with Crippen LogP contribution in [0.2, 0.25) is 0 Å². The second-order valence-electron chi connectivity index (χ2n) is 7.75. The highest BCUT2D eigenvalue weighted by molar-refractivity contribution is 5.78. The zero-order valence-electron chi connectivity index (χ0n) is 20.0. The van der Waals surface area contributed by atoms with Crippen LogP contribution >= 0.6 is 0 Å². The van der Waals surface area contributed by atoms with Crippen molar-refractivity contribution >= 4 is 29.4 Å². The largest absolute Gasteiger partial charge is 0.382 e. The molecule has 0 radical (unpaired) electrons. The SMILES string of the molecule is CCCc1cccc(Nc2ccc(/C=N/Nc3ncc(F)c(N(C)CCCOCC)n3)nc2)c1. The number of hydrogen-bond donors (Lipinski definition) is 2. The Kier molecular flexibility index (Phi) is 9.72. The average molecular weight is 466 g/mol. The van der Waals surface area contributed by atoms with E-state index in [9.17, 15) is 4.39 Å². The Morgan fingerprint density at radius 2 is 2.00 bits per heavy atom. The van der Waals surface area contributed by atoms with Gasteiger partial charge in [0.25, 0.3) is 0 Å². The molecule has 180 valence electrons.